The van der Waals surface area contributed by atoms with E-state index < -0.39 is 5.97 Å². The lowest BCUT2D eigenvalue weighted by atomic mass is 9.97. The van der Waals surface area contributed by atoms with Crippen molar-refractivity contribution in [2.75, 3.05) is 6.54 Å². The summed E-state index contributed by atoms with van der Waals surface area (Å²) in [5.74, 6) is -0.134. The smallest absolute Gasteiger partial charge is 0.346 e. The third-order valence-corrected chi connectivity index (χ3v) is 9.47. The standard InChI is InChI=1S/C33H31N3O3S2/c1-20-7-10-30(26(13-20)28-5-4-6-29(35-28)27-19-41-32(22(27)3)33(37)38)39-17-23-8-9-25-15-36(12-11-24(25)14-23)16-31-34-21(2)18-40-31/h4-10,13-14,18-19H,11-12,15-17H2,1-3H3,(H,37,38). The van der Waals surface area contributed by atoms with Crippen LogP contribution in [0.4, 0.5) is 0 Å². The lowest BCUT2D eigenvalue weighted by Gasteiger charge is -2.28. The molecule has 0 atom stereocenters. The van der Waals surface area contributed by atoms with Gasteiger partial charge in [0.1, 0.15) is 22.2 Å². The van der Waals surface area contributed by atoms with Gasteiger partial charge < -0.3 is 9.84 Å². The first kappa shape index (κ1) is 27.3. The molecule has 5 aromatic rings. The summed E-state index contributed by atoms with van der Waals surface area (Å²) in [6, 6.07) is 18.7. The van der Waals surface area contributed by atoms with Crippen LogP contribution in [-0.2, 0) is 26.1 Å². The second-order valence-corrected chi connectivity index (χ2v) is 12.4. The number of benzene rings is 2. The number of pyridine rings is 1. The predicted octanol–water partition coefficient (Wildman–Crippen LogP) is 7.69. The number of hydrogen-bond acceptors (Lipinski definition) is 7. The number of fused-ring (bicyclic) bond motifs is 1. The van der Waals surface area contributed by atoms with Gasteiger partial charge in [-0.3, -0.25) is 4.90 Å². The number of ether oxygens (including phenoxy) is 1. The number of hydrogen-bond donors (Lipinski definition) is 1. The van der Waals surface area contributed by atoms with Crippen molar-refractivity contribution in [1.82, 2.24) is 14.9 Å². The van der Waals surface area contributed by atoms with Gasteiger partial charge in [-0.2, -0.15) is 0 Å². The molecule has 0 saturated heterocycles. The Morgan fingerprint density at radius 2 is 1.78 bits per heavy atom. The van der Waals surface area contributed by atoms with E-state index in [1.807, 2.05) is 43.5 Å². The van der Waals surface area contributed by atoms with Crippen molar-refractivity contribution in [2.24, 2.45) is 0 Å². The minimum Gasteiger partial charge on any atom is -0.488 e. The highest BCUT2D eigenvalue weighted by atomic mass is 32.1. The van der Waals surface area contributed by atoms with Gasteiger partial charge in [0.15, 0.2) is 0 Å². The number of carboxylic acids is 1. The Morgan fingerprint density at radius 3 is 2.54 bits per heavy atom. The maximum atomic E-state index is 11.6. The van der Waals surface area contributed by atoms with Gasteiger partial charge >= 0.3 is 5.97 Å². The summed E-state index contributed by atoms with van der Waals surface area (Å²) in [5.41, 5.74) is 10.2. The third kappa shape index (κ3) is 5.95. The molecule has 6 rings (SSSR count). The number of thiazole rings is 1. The van der Waals surface area contributed by atoms with Gasteiger partial charge in [-0.05, 0) is 73.7 Å². The van der Waals surface area contributed by atoms with E-state index in [4.69, 9.17) is 9.72 Å². The molecular formula is C33H31N3O3S2. The summed E-state index contributed by atoms with van der Waals surface area (Å²) in [7, 11) is 0. The Kier molecular flexibility index (Phi) is 7.71. The van der Waals surface area contributed by atoms with Gasteiger partial charge in [-0.15, -0.1) is 22.7 Å². The molecule has 6 nitrogen and oxygen atoms in total. The summed E-state index contributed by atoms with van der Waals surface area (Å²) in [6.45, 7) is 9.28. The molecule has 3 aromatic heterocycles. The molecule has 0 amide bonds. The zero-order valence-corrected chi connectivity index (χ0v) is 24.9. The maximum absolute atomic E-state index is 11.6. The maximum Gasteiger partial charge on any atom is 0.346 e. The van der Waals surface area contributed by atoms with Crippen LogP contribution >= 0.6 is 22.7 Å². The first-order valence-corrected chi connectivity index (χ1v) is 15.4. The van der Waals surface area contributed by atoms with Gasteiger partial charge in [0.2, 0.25) is 0 Å². The van der Waals surface area contributed by atoms with E-state index in [0.29, 0.717) is 11.5 Å². The average molecular weight is 582 g/mol. The number of nitrogens with zero attached hydrogens (tertiary/aromatic N) is 3. The van der Waals surface area contributed by atoms with Crippen LogP contribution in [0.5, 0.6) is 5.75 Å². The fourth-order valence-electron chi connectivity index (χ4n) is 5.30. The summed E-state index contributed by atoms with van der Waals surface area (Å²) in [6.07, 6.45) is 1.02. The van der Waals surface area contributed by atoms with E-state index >= 15 is 0 Å². The van der Waals surface area contributed by atoms with Crippen molar-refractivity contribution in [3.8, 4) is 28.3 Å². The molecule has 0 unspecified atom stereocenters. The monoisotopic (exact) mass is 581 g/mol. The second-order valence-electron chi connectivity index (χ2n) is 10.6. The molecule has 41 heavy (non-hydrogen) atoms. The molecule has 1 N–H and O–H groups in total. The van der Waals surface area contributed by atoms with Gasteiger partial charge in [0.05, 0.1) is 17.9 Å². The molecule has 0 fully saturated rings. The quantitative estimate of drug-likeness (QED) is 0.202. The average Bonchev–Trinajstić information content (AvgIpc) is 3.57. The third-order valence-electron chi connectivity index (χ3n) is 7.45. The van der Waals surface area contributed by atoms with Gasteiger partial charge in [-0.25, -0.2) is 14.8 Å². The van der Waals surface area contributed by atoms with Gasteiger partial charge in [-0.1, -0.05) is 35.9 Å². The highest BCUT2D eigenvalue weighted by Gasteiger charge is 2.19. The van der Waals surface area contributed by atoms with Crippen molar-refractivity contribution in [3.63, 3.8) is 0 Å². The summed E-state index contributed by atoms with van der Waals surface area (Å²) in [5, 5.41) is 14.6. The van der Waals surface area contributed by atoms with Crippen LogP contribution in [0.25, 0.3) is 22.5 Å². The Bertz CT molecular complexity index is 1740. The van der Waals surface area contributed by atoms with Crippen molar-refractivity contribution in [3.05, 3.63) is 109 Å². The SMILES string of the molecule is Cc1ccc(OCc2ccc3c(c2)CCN(Cc2nc(C)cs2)C3)c(-c2cccc(-c3csc(C(=O)O)c3C)n2)c1. The van der Waals surface area contributed by atoms with Crippen LogP contribution < -0.4 is 4.74 Å². The number of aryl methyl sites for hydroxylation is 2. The molecule has 4 heterocycles. The first-order chi connectivity index (χ1) is 19.8. The number of rotatable bonds is 8. The van der Waals surface area contributed by atoms with E-state index in [-0.39, 0.29) is 0 Å². The Hall–Kier alpha value is -3.85. The van der Waals surface area contributed by atoms with Crippen LogP contribution in [0.2, 0.25) is 0 Å². The van der Waals surface area contributed by atoms with Gasteiger partial charge in [0.25, 0.3) is 0 Å². The number of carboxylic acid groups (broad SMARTS) is 1. The lowest BCUT2D eigenvalue weighted by Crippen LogP contribution is -2.30. The molecule has 208 valence electrons. The van der Waals surface area contributed by atoms with E-state index in [0.717, 1.165) is 76.7 Å². The minimum absolute atomic E-state index is 0.346. The van der Waals surface area contributed by atoms with Crippen molar-refractivity contribution < 1.29 is 14.6 Å². The Labute approximate surface area is 247 Å². The number of thiophene rings is 1. The highest BCUT2D eigenvalue weighted by Crippen LogP contribution is 2.35. The van der Waals surface area contributed by atoms with Crippen LogP contribution in [0.3, 0.4) is 0 Å². The molecule has 0 spiro atoms. The zero-order valence-electron chi connectivity index (χ0n) is 23.3. The molecule has 0 saturated carbocycles. The van der Waals surface area contributed by atoms with Crippen LogP contribution in [0, 0.1) is 20.8 Å². The summed E-state index contributed by atoms with van der Waals surface area (Å²) < 4.78 is 6.40. The summed E-state index contributed by atoms with van der Waals surface area (Å²) in [4.78, 5) is 23.9. The van der Waals surface area contributed by atoms with E-state index in [2.05, 4.69) is 52.5 Å². The van der Waals surface area contributed by atoms with Crippen molar-refractivity contribution in [1.29, 1.82) is 0 Å². The number of aromatic nitrogens is 2. The topological polar surface area (TPSA) is 75.5 Å². The van der Waals surface area contributed by atoms with Crippen LogP contribution in [0.1, 0.15) is 48.2 Å². The van der Waals surface area contributed by atoms with Crippen molar-refractivity contribution in [2.45, 2.75) is 46.9 Å². The highest BCUT2D eigenvalue weighted by molar-refractivity contribution is 7.12. The zero-order chi connectivity index (χ0) is 28.5. The molecule has 1 aliphatic heterocycles. The lowest BCUT2D eigenvalue weighted by molar-refractivity contribution is 0.0701. The molecule has 0 bridgehead atoms. The van der Waals surface area contributed by atoms with Crippen molar-refractivity contribution >= 4 is 28.6 Å². The molecular weight excluding hydrogens is 551 g/mol. The second kappa shape index (κ2) is 11.6. The van der Waals surface area contributed by atoms with E-state index in [1.165, 1.54) is 27.5 Å². The number of carbonyl (C=O) groups is 1. The van der Waals surface area contributed by atoms with Crippen LogP contribution in [-0.4, -0.2) is 32.5 Å². The first-order valence-electron chi connectivity index (χ1n) is 13.6. The number of aromatic carboxylic acids is 1. The predicted molar refractivity (Wildman–Crippen MR) is 165 cm³/mol. The molecule has 0 aliphatic carbocycles. The fourth-order valence-corrected chi connectivity index (χ4v) is 7.04. The Morgan fingerprint density at radius 1 is 0.951 bits per heavy atom. The van der Waals surface area contributed by atoms with E-state index in [1.54, 1.807) is 11.3 Å². The van der Waals surface area contributed by atoms with Gasteiger partial charge in [0, 0.05) is 40.7 Å². The normalized spacial score (nSPS) is 13.2. The summed E-state index contributed by atoms with van der Waals surface area (Å²) >= 11 is 2.97. The fraction of sp³-hybridized carbons (Fsp3) is 0.242. The molecule has 1 aliphatic rings. The molecule has 0 radical (unpaired) electrons. The van der Waals surface area contributed by atoms with E-state index in [9.17, 15) is 9.90 Å². The minimum atomic E-state index is -0.908. The molecule has 8 heteroatoms. The van der Waals surface area contributed by atoms with Crippen LogP contribution in [0.15, 0.2) is 65.4 Å². The Balaban J connectivity index is 1.19. The largest absolute Gasteiger partial charge is 0.488 e. The molecule has 2 aromatic carbocycles.